The van der Waals surface area contributed by atoms with E-state index in [2.05, 4.69) is 5.32 Å². The van der Waals surface area contributed by atoms with Crippen LogP contribution in [0.2, 0.25) is 10.0 Å². The van der Waals surface area contributed by atoms with Crippen molar-refractivity contribution in [3.63, 3.8) is 0 Å². The Morgan fingerprint density at radius 2 is 1.93 bits per heavy atom. The lowest BCUT2D eigenvalue weighted by atomic mass is 10.2. The lowest BCUT2D eigenvalue weighted by molar-refractivity contribution is -0.152. The molecule has 0 bridgehead atoms. The first kappa shape index (κ1) is 23.6. The number of hydrogen-bond donors (Lipinski definition) is 3. The first-order valence-corrected chi connectivity index (χ1v) is 10.4. The third-order valence-electron chi connectivity index (χ3n) is 3.42. The Hall–Kier alpha value is -1.39. The number of unbranched alkanes of at least 4 members (excludes halogenated alkanes) is 1. The summed E-state index contributed by atoms with van der Waals surface area (Å²) in [7, 11) is -4.20. The number of halogens is 2. The molecule has 0 radical (unpaired) electrons. The van der Waals surface area contributed by atoms with Crippen LogP contribution in [0.25, 0.3) is 0 Å². The van der Waals surface area contributed by atoms with Crippen LogP contribution >= 0.6 is 23.2 Å². The van der Waals surface area contributed by atoms with E-state index in [1.165, 1.54) is 19.1 Å². The van der Waals surface area contributed by atoms with Gasteiger partial charge in [0.15, 0.2) is 6.61 Å². The van der Waals surface area contributed by atoms with Crippen molar-refractivity contribution in [1.82, 2.24) is 10.0 Å². The second-order valence-electron chi connectivity index (χ2n) is 5.73. The number of benzene rings is 1. The van der Waals surface area contributed by atoms with E-state index in [0.29, 0.717) is 6.54 Å². The predicted molar refractivity (Wildman–Crippen MR) is 101 cm³/mol. The van der Waals surface area contributed by atoms with Crippen molar-refractivity contribution in [3.8, 4) is 0 Å². The van der Waals surface area contributed by atoms with Gasteiger partial charge in [-0.25, -0.2) is 8.42 Å². The number of hydrogen-bond acceptors (Lipinski definition) is 6. The van der Waals surface area contributed by atoms with Gasteiger partial charge in [-0.15, -0.1) is 0 Å². The molecule has 152 valence electrons. The molecule has 3 N–H and O–H groups in total. The van der Waals surface area contributed by atoms with Crippen molar-refractivity contribution in [2.75, 3.05) is 13.2 Å². The highest BCUT2D eigenvalue weighted by Gasteiger charge is 2.31. The second-order valence-corrected chi connectivity index (χ2v) is 8.26. The molecule has 0 spiro atoms. The Bertz CT molecular complexity index is 770. The summed E-state index contributed by atoms with van der Waals surface area (Å²) < 4.78 is 31.7. The van der Waals surface area contributed by atoms with Crippen LogP contribution in [0.1, 0.15) is 26.7 Å². The molecular formula is C16H22Cl2N2O6S. The minimum Gasteiger partial charge on any atom is -0.454 e. The Balaban J connectivity index is 2.78. The third-order valence-corrected chi connectivity index (χ3v) is 5.60. The summed E-state index contributed by atoms with van der Waals surface area (Å²) in [5.41, 5.74) is 0. The molecule has 0 fully saturated rings. The Morgan fingerprint density at radius 3 is 2.48 bits per heavy atom. The fourth-order valence-corrected chi connectivity index (χ4v) is 3.55. The Labute approximate surface area is 168 Å². The molecule has 2 unspecified atom stereocenters. The van der Waals surface area contributed by atoms with Crippen LogP contribution in [0.15, 0.2) is 23.1 Å². The van der Waals surface area contributed by atoms with E-state index in [1.807, 2.05) is 11.6 Å². The summed E-state index contributed by atoms with van der Waals surface area (Å²) in [5, 5.41) is 12.5. The number of rotatable bonds is 10. The molecule has 1 aromatic carbocycles. The highest BCUT2D eigenvalue weighted by Crippen LogP contribution is 2.25. The van der Waals surface area contributed by atoms with E-state index in [0.717, 1.165) is 18.9 Å². The summed E-state index contributed by atoms with van der Waals surface area (Å²) in [6.45, 7) is 3.03. The number of sulfonamides is 1. The molecule has 0 saturated carbocycles. The number of ether oxygens (including phenoxy) is 1. The molecule has 1 rings (SSSR count). The fourth-order valence-electron chi connectivity index (χ4n) is 1.90. The van der Waals surface area contributed by atoms with Crippen molar-refractivity contribution >= 4 is 45.1 Å². The van der Waals surface area contributed by atoms with Gasteiger partial charge in [-0.3, -0.25) is 9.59 Å². The predicted octanol–water partition coefficient (Wildman–Crippen LogP) is 1.48. The van der Waals surface area contributed by atoms with Gasteiger partial charge >= 0.3 is 5.97 Å². The number of esters is 1. The van der Waals surface area contributed by atoms with Gasteiger partial charge in [0.1, 0.15) is 6.04 Å². The van der Waals surface area contributed by atoms with Crippen LogP contribution in [-0.4, -0.2) is 50.7 Å². The summed E-state index contributed by atoms with van der Waals surface area (Å²) in [4.78, 5) is 23.4. The van der Waals surface area contributed by atoms with Crippen LogP contribution in [0.4, 0.5) is 0 Å². The third kappa shape index (κ3) is 7.63. The number of nitrogens with one attached hydrogen (secondary N) is 2. The first-order valence-electron chi connectivity index (χ1n) is 8.17. The Kier molecular flexibility index (Phi) is 9.48. The zero-order valence-electron chi connectivity index (χ0n) is 14.9. The van der Waals surface area contributed by atoms with Gasteiger partial charge in [0.2, 0.25) is 10.0 Å². The molecular weight excluding hydrogens is 419 g/mol. The first-order chi connectivity index (χ1) is 12.6. The minimum atomic E-state index is -4.20. The molecule has 0 saturated heterocycles. The van der Waals surface area contributed by atoms with E-state index < -0.39 is 40.7 Å². The monoisotopic (exact) mass is 440 g/mol. The van der Waals surface area contributed by atoms with E-state index in [-0.39, 0.29) is 14.9 Å². The van der Waals surface area contributed by atoms with Crippen molar-refractivity contribution in [2.45, 2.75) is 43.7 Å². The van der Waals surface area contributed by atoms with Gasteiger partial charge in [-0.05, 0) is 31.5 Å². The van der Waals surface area contributed by atoms with E-state index in [1.54, 1.807) is 0 Å². The standard InChI is InChI=1S/C16H22Cl2N2O6S/c1-3-4-7-19-14(22)9-26-16(23)15(10(2)21)20-27(24,25)11-5-6-12(17)13(18)8-11/h5-6,8,10,15,20-21H,3-4,7,9H2,1-2H3,(H,19,22). The number of aliphatic hydroxyl groups excluding tert-OH is 1. The SMILES string of the molecule is CCCCNC(=O)COC(=O)C(NS(=O)(=O)c1ccc(Cl)c(Cl)c1)C(C)O. The van der Waals surface area contributed by atoms with Gasteiger partial charge in [-0.2, -0.15) is 4.72 Å². The number of carbonyl (C=O) groups excluding carboxylic acids is 2. The van der Waals surface area contributed by atoms with E-state index >= 15 is 0 Å². The lowest BCUT2D eigenvalue weighted by Crippen LogP contribution is -2.49. The summed E-state index contributed by atoms with van der Waals surface area (Å²) in [6.07, 6.45) is 0.262. The molecule has 27 heavy (non-hydrogen) atoms. The van der Waals surface area contributed by atoms with Gasteiger partial charge in [0.25, 0.3) is 5.91 Å². The van der Waals surface area contributed by atoms with Crippen LogP contribution in [0, 0.1) is 0 Å². The van der Waals surface area contributed by atoms with Crippen molar-refractivity contribution < 1.29 is 27.9 Å². The second kappa shape index (κ2) is 10.8. The molecule has 0 aliphatic carbocycles. The average Bonchev–Trinajstić information content (AvgIpc) is 2.60. The molecule has 0 aromatic heterocycles. The van der Waals surface area contributed by atoms with Gasteiger partial charge in [0.05, 0.1) is 21.0 Å². The average molecular weight is 441 g/mol. The zero-order chi connectivity index (χ0) is 20.6. The van der Waals surface area contributed by atoms with Crippen LogP contribution in [0.3, 0.4) is 0 Å². The molecule has 11 heteroatoms. The van der Waals surface area contributed by atoms with Gasteiger partial charge in [-0.1, -0.05) is 36.5 Å². The van der Waals surface area contributed by atoms with Crippen LogP contribution in [0.5, 0.6) is 0 Å². The van der Waals surface area contributed by atoms with Crippen LogP contribution < -0.4 is 10.0 Å². The minimum absolute atomic E-state index is 0.0134. The topological polar surface area (TPSA) is 122 Å². The Morgan fingerprint density at radius 1 is 1.26 bits per heavy atom. The summed E-state index contributed by atoms with van der Waals surface area (Å²) in [5.74, 6) is -1.60. The normalized spacial score (nSPS) is 13.7. The maximum atomic E-state index is 12.4. The van der Waals surface area contributed by atoms with Crippen molar-refractivity contribution in [3.05, 3.63) is 28.2 Å². The maximum absolute atomic E-state index is 12.4. The van der Waals surface area contributed by atoms with E-state index in [4.69, 9.17) is 27.9 Å². The number of amides is 1. The van der Waals surface area contributed by atoms with Gasteiger partial charge < -0.3 is 15.2 Å². The maximum Gasteiger partial charge on any atom is 0.327 e. The molecule has 1 aromatic rings. The molecule has 8 nitrogen and oxygen atoms in total. The number of aliphatic hydroxyl groups is 1. The molecule has 0 heterocycles. The summed E-state index contributed by atoms with van der Waals surface area (Å²) in [6, 6.07) is 1.99. The molecule has 0 aliphatic heterocycles. The van der Waals surface area contributed by atoms with Crippen molar-refractivity contribution in [2.24, 2.45) is 0 Å². The zero-order valence-corrected chi connectivity index (χ0v) is 17.2. The number of carbonyl (C=O) groups is 2. The largest absolute Gasteiger partial charge is 0.454 e. The quantitative estimate of drug-likeness (QED) is 0.374. The van der Waals surface area contributed by atoms with Crippen LogP contribution in [-0.2, 0) is 24.3 Å². The lowest BCUT2D eigenvalue weighted by Gasteiger charge is -2.20. The molecule has 0 aliphatic rings. The van der Waals surface area contributed by atoms with Crippen molar-refractivity contribution in [1.29, 1.82) is 0 Å². The molecule has 2 atom stereocenters. The van der Waals surface area contributed by atoms with Gasteiger partial charge in [0, 0.05) is 6.54 Å². The highest BCUT2D eigenvalue weighted by molar-refractivity contribution is 7.89. The fraction of sp³-hybridized carbons (Fsp3) is 0.500. The van der Waals surface area contributed by atoms with E-state index in [9.17, 15) is 23.1 Å². The summed E-state index contributed by atoms with van der Waals surface area (Å²) >= 11 is 11.6. The smallest absolute Gasteiger partial charge is 0.327 e. The highest BCUT2D eigenvalue weighted by atomic mass is 35.5. The molecule has 1 amide bonds.